The average Bonchev–Trinajstić information content (AvgIpc) is 2.26. The summed E-state index contributed by atoms with van der Waals surface area (Å²) in [4.78, 5) is 12.2. The SMILES string of the molecule is CC(C)(C)OC(=O)NCCCOc1cccc(S)c1. The predicted molar refractivity (Wildman–Crippen MR) is 78.0 cm³/mol. The van der Waals surface area contributed by atoms with Crippen LogP contribution in [0.25, 0.3) is 0 Å². The number of ether oxygens (including phenoxy) is 2. The zero-order valence-corrected chi connectivity index (χ0v) is 12.5. The number of amides is 1. The van der Waals surface area contributed by atoms with Gasteiger partial charge in [0.05, 0.1) is 6.61 Å². The van der Waals surface area contributed by atoms with E-state index in [0.717, 1.165) is 17.1 Å². The Hall–Kier alpha value is -1.36. The minimum Gasteiger partial charge on any atom is -0.493 e. The van der Waals surface area contributed by atoms with Gasteiger partial charge in [-0.15, -0.1) is 12.6 Å². The van der Waals surface area contributed by atoms with Crippen LogP contribution in [0.2, 0.25) is 0 Å². The molecule has 1 aromatic rings. The summed E-state index contributed by atoms with van der Waals surface area (Å²) >= 11 is 4.23. The lowest BCUT2D eigenvalue weighted by Crippen LogP contribution is -2.33. The number of hydrogen-bond donors (Lipinski definition) is 2. The standard InChI is InChI=1S/C14H21NO3S/c1-14(2,3)18-13(16)15-8-5-9-17-11-6-4-7-12(19)10-11/h4,6-7,10,19H,5,8-9H2,1-3H3,(H,15,16). The Bertz CT molecular complexity index is 415. The third kappa shape index (κ3) is 7.62. The number of hydrogen-bond acceptors (Lipinski definition) is 4. The van der Waals surface area contributed by atoms with Gasteiger partial charge in [-0.05, 0) is 45.4 Å². The Kier molecular flexibility index (Phi) is 6.02. The second kappa shape index (κ2) is 7.28. The maximum Gasteiger partial charge on any atom is 0.407 e. The quantitative estimate of drug-likeness (QED) is 0.644. The summed E-state index contributed by atoms with van der Waals surface area (Å²) in [5, 5.41) is 2.68. The van der Waals surface area contributed by atoms with Crippen LogP contribution in [0.15, 0.2) is 29.2 Å². The van der Waals surface area contributed by atoms with Gasteiger partial charge >= 0.3 is 6.09 Å². The Labute approximate surface area is 119 Å². The highest BCUT2D eigenvalue weighted by atomic mass is 32.1. The van der Waals surface area contributed by atoms with Crippen molar-refractivity contribution in [1.82, 2.24) is 5.32 Å². The van der Waals surface area contributed by atoms with Crippen LogP contribution in [-0.2, 0) is 4.74 Å². The fourth-order valence-electron chi connectivity index (χ4n) is 1.34. The lowest BCUT2D eigenvalue weighted by atomic mass is 10.2. The van der Waals surface area contributed by atoms with E-state index in [9.17, 15) is 4.79 Å². The highest BCUT2D eigenvalue weighted by Crippen LogP contribution is 2.15. The molecule has 4 nitrogen and oxygen atoms in total. The first-order chi connectivity index (χ1) is 8.87. The van der Waals surface area contributed by atoms with Gasteiger partial charge in [-0.2, -0.15) is 0 Å². The van der Waals surface area contributed by atoms with E-state index >= 15 is 0 Å². The van der Waals surface area contributed by atoms with E-state index in [0.29, 0.717) is 13.2 Å². The van der Waals surface area contributed by atoms with Crippen LogP contribution < -0.4 is 10.1 Å². The molecule has 1 N–H and O–H groups in total. The third-order valence-corrected chi connectivity index (χ3v) is 2.35. The molecule has 0 radical (unpaired) electrons. The van der Waals surface area contributed by atoms with E-state index in [1.54, 1.807) is 0 Å². The molecule has 0 aliphatic rings. The molecule has 0 aliphatic heterocycles. The molecule has 1 rings (SSSR count). The number of alkyl carbamates (subject to hydrolysis) is 1. The molecule has 0 bridgehead atoms. The summed E-state index contributed by atoms with van der Waals surface area (Å²) < 4.78 is 10.6. The van der Waals surface area contributed by atoms with Crippen molar-refractivity contribution in [3.63, 3.8) is 0 Å². The first-order valence-electron chi connectivity index (χ1n) is 6.25. The molecule has 1 amide bonds. The molecule has 0 saturated carbocycles. The summed E-state index contributed by atoms with van der Waals surface area (Å²) in [5.41, 5.74) is -0.465. The van der Waals surface area contributed by atoms with Crippen molar-refractivity contribution in [2.24, 2.45) is 0 Å². The number of carbonyl (C=O) groups is 1. The van der Waals surface area contributed by atoms with Crippen LogP contribution in [0.1, 0.15) is 27.2 Å². The van der Waals surface area contributed by atoms with Gasteiger partial charge in [0, 0.05) is 11.4 Å². The summed E-state index contributed by atoms with van der Waals surface area (Å²) in [7, 11) is 0. The van der Waals surface area contributed by atoms with Crippen LogP contribution >= 0.6 is 12.6 Å². The number of carbonyl (C=O) groups excluding carboxylic acids is 1. The fraction of sp³-hybridized carbons (Fsp3) is 0.500. The van der Waals surface area contributed by atoms with Gasteiger partial charge in [0.25, 0.3) is 0 Å². The minimum absolute atomic E-state index is 0.398. The molecule has 0 unspecified atom stereocenters. The zero-order valence-electron chi connectivity index (χ0n) is 11.6. The second-order valence-corrected chi connectivity index (χ2v) is 5.64. The first-order valence-corrected chi connectivity index (χ1v) is 6.70. The Balaban J connectivity index is 2.13. The van der Waals surface area contributed by atoms with Gasteiger partial charge in [0.15, 0.2) is 0 Å². The molecule has 5 heteroatoms. The van der Waals surface area contributed by atoms with Gasteiger partial charge in [0.1, 0.15) is 11.4 Å². The topological polar surface area (TPSA) is 47.6 Å². The number of rotatable bonds is 5. The highest BCUT2D eigenvalue weighted by Gasteiger charge is 2.15. The van der Waals surface area contributed by atoms with E-state index in [-0.39, 0.29) is 0 Å². The maximum atomic E-state index is 11.4. The number of thiol groups is 1. The minimum atomic E-state index is -0.465. The lowest BCUT2D eigenvalue weighted by Gasteiger charge is -2.19. The van der Waals surface area contributed by atoms with Crippen LogP contribution in [-0.4, -0.2) is 24.8 Å². The highest BCUT2D eigenvalue weighted by molar-refractivity contribution is 7.80. The molecule has 106 valence electrons. The predicted octanol–water partition coefficient (Wildman–Crippen LogP) is 3.27. The second-order valence-electron chi connectivity index (χ2n) is 5.13. The van der Waals surface area contributed by atoms with E-state index in [1.807, 2.05) is 45.0 Å². The molecule has 0 aromatic heterocycles. The van der Waals surface area contributed by atoms with Crippen LogP contribution in [0.3, 0.4) is 0 Å². The first kappa shape index (κ1) is 15.7. The molecule has 1 aromatic carbocycles. The van der Waals surface area contributed by atoms with Crippen molar-refractivity contribution in [2.75, 3.05) is 13.2 Å². The number of benzene rings is 1. The largest absolute Gasteiger partial charge is 0.493 e. The normalized spacial score (nSPS) is 10.9. The van der Waals surface area contributed by atoms with Crippen molar-refractivity contribution < 1.29 is 14.3 Å². The van der Waals surface area contributed by atoms with Crippen molar-refractivity contribution in [3.8, 4) is 5.75 Å². The van der Waals surface area contributed by atoms with Crippen LogP contribution in [0, 0.1) is 0 Å². The third-order valence-electron chi connectivity index (χ3n) is 2.08. The van der Waals surface area contributed by atoms with E-state index in [2.05, 4.69) is 17.9 Å². The molecular formula is C14H21NO3S. The van der Waals surface area contributed by atoms with Crippen molar-refractivity contribution in [1.29, 1.82) is 0 Å². The number of nitrogens with one attached hydrogen (secondary N) is 1. The lowest BCUT2D eigenvalue weighted by molar-refractivity contribution is 0.0525. The van der Waals surface area contributed by atoms with Gasteiger partial charge in [-0.3, -0.25) is 0 Å². The van der Waals surface area contributed by atoms with Gasteiger partial charge in [0.2, 0.25) is 0 Å². The van der Waals surface area contributed by atoms with Crippen LogP contribution in [0.5, 0.6) is 5.75 Å². The van der Waals surface area contributed by atoms with E-state index in [1.165, 1.54) is 0 Å². The molecule has 0 heterocycles. The van der Waals surface area contributed by atoms with E-state index in [4.69, 9.17) is 9.47 Å². The molecule has 0 fully saturated rings. The summed E-state index contributed by atoms with van der Waals surface area (Å²) in [6.07, 6.45) is 0.320. The Morgan fingerprint density at radius 2 is 2.11 bits per heavy atom. The monoisotopic (exact) mass is 283 g/mol. The molecule has 0 spiro atoms. The Morgan fingerprint density at radius 3 is 2.74 bits per heavy atom. The molecule has 0 atom stereocenters. The average molecular weight is 283 g/mol. The van der Waals surface area contributed by atoms with Crippen molar-refractivity contribution in [3.05, 3.63) is 24.3 Å². The molecule has 0 aliphatic carbocycles. The Morgan fingerprint density at radius 1 is 1.37 bits per heavy atom. The van der Waals surface area contributed by atoms with Crippen LogP contribution in [0.4, 0.5) is 4.79 Å². The smallest absolute Gasteiger partial charge is 0.407 e. The zero-order chi connectivity index (χ0) is 14.3. The van der Waals surface area contributed by atoms with Gasteiger partial charge in [-0.25, -0.2) is 4.79 Å². The molecule has 19 heavy (non-hydrogen) atoms. The van der Waals surface area contributed by atoms with Crippen molar-refractivity contribution >= 4 is 18.7 Å². The van der Waals surface area contributed by atoms with Crippen molar-refractivity contribution in [2.45, 2.75) is 37.7 Å². The maximum absolute atomic E-state index is 11.4. The fourth-order valence-corrected chi connectivity index (χ4v) is 1.55. The molecule has 0 saturated heterocycles. The molecular weight excluding hydrogens is 262 g/mol. The summed E-state index contributed by atoms with van der Waals surface area (Å²) in [6.45, 7) is 6.56. The van der Waals surface area contributed by atoms with Gasteiger partial charge < -0.3 is 14.8 Å². The summed E-state index contributed by atoms with van der Waals surface area (Å²) in [5.74, 6) is 0.782. The summed E-state index contributed by atoms with van der Waals surface area (Å²) in [6, 6.07) is 7.50. The van der Waals surface area contributed by atoms with E-state index < -0.39 is 11.7 Å². The van der Waals surface area contributed by atoms with Gasteiger partial charge in [-0.1, -0.05) is 6.07 Å².